The summed E-state index contributed by atoms with van der Waals surface area (Å²) in [4.78, 5) is 15.0. The van der Waals surface area contributed by atoms with Crippen LogP contribution in [-0.4, -0.2) is 43.3 Å². The highest BCUT2D eigenvalue weighted by molar-refractivity contribution is 7.90. The van der Waals surface area contributed by atoms with Gasteiger partial charge in [-0.2, -0.15) is 0 Å². The molecule has 5 aliphatic carbocycles. The van der Waals surface area contributed by atoms with Gasteiger partial charge in [0.05, 0.1) is 5.75 Å². The first-order valence-corrected chi connectivity index (χ1v) is 12.4. The van der Waals surface area contributed by atoms with Crippen LogP contribution in [0.25, 0.3) is 0 Å². The number of carbonyl (C=O) groups is 1. The molecular weight excluding hydrogens is 346 g/mol. The van der Waals surface area contributed by atoms with Gasteiger partial charge in [-0.05, 0) is 88.4 Å². The van der Waals surface area contributed by atoms with Crippen LogP contribution in [-0.2, 0) is 14.6 Å². The zero-order valence-electron chi connectivity index (χ0n) is 16.4. The second-order valence-corrected chi connectivity index (χ2v) is 12.1. The SMILES string of the molecule is CC(=CC(=O)N(C(C)CS(C)(=O)=O)C1CC1)C12CC3CC(CC(C3)C1)C2. The van der Waals surface area contributed by atoms with E-state index in [1.54, 1.807) is 0 Å². The molecule has 1 unspecified atom stereocenters. The number of carbonyl (C=O) groups excluding carboxylic acids is 1. The molecule has 0 aromatic carbocycles. The van der Waals surface area contributed by atoms with Gasteiger partial charge in [-0.15, -0.1) is 0 Å². The zero-order valence-corrected chi connectivity index (χ0v) is 17.2. The number of amides is 1. The molecule has 0 heterocycles. The second kappa shape index (κ2) is 6.35. The molecule has 26 heavy (non-hydrogen) atoms. The van der Waals surface area contributed by atoms with Crippen molar-refractivity contribution in [3.8, 4) is 0 Å². The normalized spacial score (nSPS) is 37.7. The maximum atomic E-state index is 13.1. The second-order valence-electron chi connectivity index (χ2n) is 9.94. The van der Waals surface area contributed by atoms with Crippen molar-refractivity contribution in [3.05, 3.63) is 11.6 Å². The first-order valence-electron chi connectivity index (χ1n) is 10.3. The van der Waals surface area contributed by atoms with Crippen LogP contribution in [0.3, 0.4) is 0 Å². The summed E-state index contributed by atoms with van der Waals surface area (Å²) in [6, 6.07) is -0.00919. The molecule has 0 radical (unpaired) electrons. The van der Waals surface area contributed by atoms with Crippen LogP contribution in [0.5, 0.6) is 0 Å². The fourth-order valence-electron chi connectivity index (χ4n) is 6.63. The van der Waals surface area contributed by atoms with E-state index in [0.29, 0.717) is 0 Å². The quantitative estimate of drug-likeness (QED) is 0.663. The van der Waals surface area contributed by atoms with E-state index in [9.17, 15) is 13.2 Å². The van der Waals surface area contributed by atoms with Gasteiger partial charge in [0.1, 0.15) is 9.84 Å². The third kappa shape index (κ3) is 3.61. The highest BCUT2D eigenvalue weighted by atomic mass is 32.2. The monoisotopic (exact) mass is 379 g/mol. The molecular formula is C21H33NO3S. The van der Waals surface area contributed by atoms with Crippen molar-refractivity contribution in [2.45, 2.75) is 77.3 Å². The molecule has 4 bridgehead atoms. The summed E-state index contributed by atoms with van der Waals surface area (Å²) in [6.45, 7) is 4.04. The Balaban J connectivity index is 1.53. The van der Waals surface area contributed by atoms with Crippen molar-refractivity contribution >= 4 is 15.7 Å². The van der Waals surface area contributed by atoms with Gasteiger partial charge < -0.3 is 4.90 Å². The van der Waals surface area contributed by atoms with Crippen molar-refractivity contribution in [1.29, 1.82) is 0 Å². The summed E-state index contributed by atoms with van der Waals surface area (Å²) in [5.74, 6) is 2.69. The highest BCUT2D eigenvalue weighted by Gasteiger charge is 2.51. The number of hydrogen-bond acceptors (Lipinski definition) is 3. The predicted octanol–water partition coefficient (Wildman–Crippen LogP) is 3.57. The summed E-state index contributed by atoms with van der Waals surface area (Å²) in [5, 5.41) is 0. The molecule has 0 aliphatic heterocycles. The van der Waals surface area contributed by atoms with E-state index in [0.717, 1.165) is 30.6 Å². The van der Waals surface area contributed by atoms with E-state index in [2.05, 4.69) is 6.92 Å². The Hall–Kier alpha value is -0.840. The molecule has 5 aliphatic rings. The zero-order chi connectivity index (χ0) is 18.7. The minimum absolute atomic E-state index is 0.0388. The molecule has 0 aromatic rings. The van der Waals surface area contributed by atoms with Gasteiger partial charge in [0.15, 0.2) is 0 Å². The summed E-state index contributed by atoms with van der Waals surface area (Å²) in [5.41, 5.74) is 1.51. The van der Waals surface area contributed by atoms with Crippen LogP contribution in [0.4, 0.5) is 0 Å². The number of sulfone groups is 1. The number of hydrogen-bond donors (Lipinski definition) is 0. The van der Waals surface area contributed by atoms with Crippen LogP contribution in [0.1, 0.15) is 65.2 Å². The average molecular weight is 380 g/mol. The molecule has 0 spiro atoms. The molecule has 5 fully saturated rings. The van der Waals surface area contributed by atoms with Gasteiger partial charge in [-0.1, -0.05) is 5.57 Å². The first-order chi connectivity index (χ1) is 12.2. The first kappa shape index (κ1) is 18.5. The maximum Gasteiger partial charge on any atom is 0.247 e. The topological polar surface area (TPSA) is 54.5 Å². The van der Waals surface area contributed by atoms with Crippen molar-refractivity contribution in [2.75, 3.05) is 12.0 Å². The summed E-state index contributed by atoms with van der Waals surface area (Å²) >= 11 is 0. The Morgan fingerprint density at radius 2 is 1.62 bits per heavy atom. The number of nitrogens with zero attached hydrogens (tertiary/aromatic N) is 1. The summed E-state index contributed by atoms with van der Waals surface area (Å²) in [6.07, 6.45) is 13.1. The van der Waals surface area contributed by atoms with E-state index in [-0.39, 0.29) is 29.2 Å². The van der Waals surface area contributed by atoms with Gasteiger partial charge in [0.2, 0.25) is 5.91 Å². The van der Waals surface area contributed by atoms with Crippen LogP contribution >= 0.6 is 0 Å². The lowest BCUT2D eigenvalue weighted by Crippen LogP contribution is -2.47. The number of rotatable bonds is 6. The predicted molar refractivity (Wildman–Crippen MR) is 103 cm³/mol. The van der Waals surface area contributed by atoms with Crippen molar-refractivity contribution in [2.24, 2.45) is 23.2 Å². The Bertz CT molecular complexity index is 684. The Morgan fingerprint density at radius 3 is 2.04 bits per heavy atom. The minimum atomic E-state index is -3.09. The Kier molecular flexibility index (Phi) is 4.53. The molecule has 0 saturated heterocycles. The molecule has 0 aromatic heterocycles. The molecule has 146 valence electrons. The Morgan fingerprint density at radius 1 is 1.12 bits per heavy atom. The van der Waals surface area contributed by atoms with Gasteiger partial charge >= 0.3 is 0 Å². The van der Waals surface area contributed by atoms with Crippen LogP contribution in [0.15, 0.2) is 11.6 Å². The van der Waals surface area contributed by atoms with E-state index in [1.165, 1.54) is 50.4 Å². The largest absolute Gasteiger partial charge is 0.332 e. The van der Waals surface area contributed by atoms with Gasteiger partial charge in [0, 0.05) is 24.4 Å². The van der Waals surface area contributed by atoms with Crippen molar-refractivity contribution < 1.29 is 13.2 Å². The fraction of sp³-hybridized carbons (Fsp3) is 0.857. The fourth-order valence-corrected chi connectivity index (χ4v) is 7.67. The molecule has 0 N–H and O–H groups in total. The molecule has 5 heteroatoms. The number of allylic oxidation sites excluding steroid dienone is 1. The molecule has 5 saturated carbocycles. The van der Waals surface area contributed by atoms with Gasteiger partial charge in [-0.3, -0.25) is 4.79 Å². The van der Waals surface area contributed by atoms with E-state index in [4.69, 9.17) is 0 Å². The van der Waals surface area contributed by atoms with E-state index in [1.807, 2.05) is 17.9 Å². The standard InChI is InChI=1S/C21H33NO3S/c1-14(21-10-16-7-17(11-21)9-18(8-16)12-21)6-20(23)22(19-4-5-19)15(2)13-26(3,24)25/h6,15-19H,4-5,7-13H2,1-3H3. The summed E-state index contributed by atoms with van der Waals surface area (Å²) < 4.78 is 23.4. The van der Waals surface area contributed by atoms with Crippen LogP contribution in [0.2, 0.25) is 0 Å². The highest BCUT2D eigenvalue weighted by Crippen LogP contribution is 2.62. The van der Waals surface area contributed by atoms with E-state index >= 15 is 0 Å². The van der Waals surface area contributed by atoms with Gasteiger partial charge in [-0.25, -0.2) is 8.42 Å². The lowest BCUT2D eigenvalue weighted by Gasteiger charge is -2.57. The lowest BCUT2D eigenvalue weighted by molar-refractivity contribution is -0.128. The van der Waals surface area contributed by atoms with Crippen LogP contribution < -0.4 is 0 Å². The van der Waals surface area contributed by atoms with Crippen molar-refractivity contribution in [1.82, 2.24) is 4.90 Å². The third-order valence-electron chi connectivity index (χ3n) is 7.43. The molecule has 1 atom stereocenters. The van der Waals surface area contributed by atoms with Crippen molar-refractivity contribution in [3.63, 3.8) is 0 Å². The average Bonchev–Trinajstić information content (AvgIpc) is 3.28. The maximum absolute atomic E-state index is 13.1. The molecule has 1 amide bonds. The van der Waals surface area contributed by atoms with E-state index < -0.39 is 9.84 Å². The minimum Gasteiger partial charge on any atom is -0.332 e. The smallest absolute Gasteiger partial charge is 0.247 e. The van der Waals surface area contributed by atoms with Crippen LogP contribution in [0, 0.1) is 23.2 Å². The molecule has 5 rings (SSSR count). The van der Waals surface area contributed by atoms with Gasteiger partial charge in [0.25, 0.3) is 0 Å². The lowest BCUT2D eigenvalue weighted by atomic mass is 9.48. The molecule has 4 nitrogen and oxygen atoms in total. The summed E-state index contributed by atoms with van der Waals surface area (Å²) in [7, 11) is -3.09. The Labute approximate surface area is 158 Å². The third-order valence-corrected chi connectivity index (χ3v) is 8.52.